The van der Waals surface area contributed by atoms with E-state index in [1.54, 1.807) is 24.1 Å². The second kappa shape index (κ2) is 4.93. The Morgan fingerprint density at radius 2 is 2.06 bits per heavy atom. The Balaban J connectivity index is 2.81. The van der Waals surface area contributed by atoms with Crippen LogP contribution in [0.1, 0.15) is 0 Å². The van der Waals surface area contributed by atoms with E-state index in [4.69, 9.17) is 17.3 Å². The monoisotopic (exact) mass is 262 g/mol. The number of sulfone groups is 1. The summed E-state index contributed by atoms with van der Waals surface area (Å²) in [5, 5.41) is 0.476. The van der Waals surface area contributed by atoms with Crippen LogP contribution in [-0.2, 0) is 9.84 Å². The molecular weight excluding hydrogens is 248 g/mol. The quantitative estimate of drug-likeness (QED) is 0.834. The molecule has 0 saturated carbocycles. The molecule has 0 aromatic heterocycles. The molecule has 0 bridgehead atoms. The molecule has 0 aliphatic rings. The van der Waals surface area contributed by atoms with Crippen LogP contribution < -0.4 is 10.6 Å². The lowest BCUT2D eigenvalue weighted by atomic mass is 10.2. The molecule has 6 heteroatoms. The summed E-state index contributed by atoms with van der Waals surface area (Å²) in [4.78, 5) is 1.78. The summed E-state index contributed by atoms with van der Waals surface area (Å²) >= 11 is 5.88. The lowest BCUT2D eigenvalue weighted by Crippen LogP contribution is -2.25. The summed E-state index contributed by atoms with van der Waals surface area (Å²) in [6.45, 7) is 0.392. The van der Waals surface area contributed by atoms with Gasteiger partial charge in [-0.3, -0.25) is 0 Å². The number of nitrogen functional groups attached to an aromatic ring is 1. The molecule has 0 unspecified atom stereocenters. The van der Waals surface area contributed by atoms with Gasteiger partial charge in [-0.1, -0.05) is 17.7 Å². The first-order chi connectivity index (χ1) is 7.31. The van der Waals surface area contributed by atoms with Crippen LogP contribution in [0, 0.1) is 0 Å². The molecule has 4 nitrogen and oxygen atoms in total. The van der Waals surface area contributed by atoms with Gasteiger partial charge in [-0.05, 0) is 12.1 Å². The number of nitrogens with two attached hydrogens (primary N) is 1. The lowest BCUT2D eigenvalue weighted by Gasteiger charge is -2.21. The van der Waals surface area contributed by atoms with Crippen LogP contribution in [0.3, 0.4) is 0 Å². The van der Waals surface area contributed by atoms with Gasteiger partial charge in [0.15, 0.2) is 0 Å². The lowest BCUT2D eigenvalue weighted by molar-refractivity contribution is 0.601. The van der Waals surface area contributed by atoms with Crippen molar-refractivity contribution >= 4 is 32.8 Å². The third kappa shape index (κ3) is 3.57. The van der Waals surface area contributed by atoms with E-state index in [0.29, 0.717) is 17.3 Å². The summed E-state index contributed by atoms with van der Waals surface area (Å²) in [6, 6.07) is 5.29. The van der Waals surface area contributed by atoms with E-state index in [9.17, 15) is 8.42 Å². The summed E-state index contributed by atoms with van der Waals surface area (Å²) in [7, 11) is -1.18. The molecule has 0 aliphatic carbocycles. The van der Waals surface area contributed by atoms with Crippen molar-refractivity contribution in [2.24, 2.45) is 0 Å². The molecule has 0 heterocycles. The Kier molecular flexibility index (Phi) is 4.04. The highest BCUT2D eigenvalue weighted by Crippen LogP contribution is 2.29. The summed E-state index contributed by atoms with van der Waals surface area (Å²) < 4.78 is 22.1. The van der Waals surface area contributed by atoms with Crippen molar-refractivity contribution in [3.8, 4) is 0 Å². The maximum Gasteiger partial charge on any atom is 0.149 e. The van der Waals surface area contributed by atoms with Crippen molar-refractivity contribution in [2.75, 3.05) is 36.2 Å². The van der Waals surface area contributed by atoms with Crippen molar-refractivity contribution < 1.29 is 8.42 Å². The zero-order valence-corrected chi connectivity index (χ0v) is 10.8. The fraction of sp³-hybridized carbons (Fsp3) is 0.400. The summed E-state index contributed by atoms with van der Waals surface area (Å²) in [6.07, 6.45) is 1.21. The number of nitrogens with zero attached hydrogens (tertiary/aromatic N) is 1. The van der Waals surface area contributed by atoms with Crippen LogP contribution in [0.2, 0.25) is 5.02 Å². The van der Waals surface area contributed by atoms with Gasteiger partial charge in [0.1, 0.15) is 9.84 Å². The van der Waals surface area contributed by atoms with Gasteiger partial charge < -0.3 is 10.6 Å². The summed E-state index contributed by atoms with van der Waals surface area (Å²) in [5.41, 5.74) is 7.02. The maximum absolute atomic E-state index is 11.0. The molecule has 0 radical (unpaired) electrons. The number of hydrogen-bond donors (Lipinski definition) is 1. The average molecular weight is 263 g/mol. The minimum absolute atomic E-state index is 0.0927. The van der Waals surface area contributed by atoms with Crippen LogP contribution in [0.15, 0.2) is 18.2 Å². The minimum atomic E-state index is -2.97. The van der Waals surface area contributed by atoms with Gasteiger partial charge in [0, 0.05) is 19.8 Å². The van der Waals surface area contributed by atoms with Crippen LogP contribution in [-0.4, -0.2) is 34.0 Å². The van der Waals surface area contributed by atoms with E-state index in [0.717, 1.165) is 5.69 Å². The van der Waals surface area contributed by atoms with Gasteiger partial charge in [-0.25, -0.2) is 8.42 Å². The summed E-state index contributed by atoms with van der Waals surface area (Å²) in [5.74, 6) is 0.0927. The molecule has 1 aromatic rings. The number of rotatable bonds is 4. The molecule has 1 rings (SSSR count). The molecule has 2 N–H and O–H groups in total. The molecular formula is C10H15ClN2O2S. The van der Waals surface area contributed by atoms with Crippen molar-refractivity contribution in [1.82, 2.24) is 0 Å². The van der Waals surface area contributed by atoms with E-state index in [2.05, 4.69) is 0 Å². The van der Waals surface area contributed by atoms with Crippen molar-refractivity contribution in [3.05, 3.63) is 23.2 Å². The van der Waals surface area contributed by atoms with Gasteiger partial charge in [-0.2, -0.15) is 0 Å². The molecule has 90 valence electrons. The zero-order valence-electron chi connectivity index (χ0n) is 9.27. The number of anilines is 2. The minimum Gasteiger partial charge on any atom is -0.396 e. The van der Waals surface area contributed by atoms with E-state index in [1.165, 1.54) is 6.26 Å². The fourth-order valence-corrected chi connectivity index (χ4v) is 2.06. The maximum atomic E-state index is 11.0. The fourth-order valence-electron chi connectivity index (χ4n) is 1.28. The second-order valence-corrected chi connectivity index (χ2v) is 6.39. The number of halogens is 1. The highest BCUT2D eigenvalue weighted by molar-refractivity contribution is 7.90. The van der Waals surface area contributed by atoms with Crippen LogP contribution in [0.5, 0.6) is 0 Å². The Labute approximate surface area is 101 Å². The van der Waals surface area contributed by atoms with Gasteiger partial charge >= 0.3 is 0 Å². The second-order valence-electron chi connectivity index (χ2n) is 3.72. The standard InChI is InChI=1S/C10H15ClN2O2S/c1-13(6-7-16(2,14)15)9-5-3-4-8(11)10(9)12/h3-5H,6-7,12H2,1-2H3. The van der Waals surface area contributed by atoms with E-state index < -0.39 is 9.84 Å². The van der Waals surface area contributed by atoms with Crippen LogP contribution in [0.25, 0.3) is 0 Å². The zero-order chi connectivity index (χ0) is 12.3. The number of para-hydroxylation sites is 1. The highest BCUT2D eigenvalue weighted by Gasteiger charge is 2.10. The Bertz CT molecular complexity index is 474. The Hall–Kier alpha value is -0.940. The van der Waals surface area contributed by atoms with Gasteiger partial charge in [0.2, 0.25) is 0 Å². The third-order valence-corrected chi connectivity index (χ3v) is 3.49. The van der Waals surface area contributed by atoms with Crippen LogP contribution in [0.4, 0.5) is 11.4 Å². The molecule has 1 aromatic carbocycles. The largest absolute Gasteiger partial charge is 0.396 e. The van der Waals surface area contributed by atoms with E-state index in [-0.39, 0.29) is 5.75 Å². The van der Waals surface area contributed by atoms with Crippen LogP contribution >= 0.6 is 11.6 Å². The Morgan fingerprint density at radius 1 is 1.44 bits per heavy atom. The number of hydrogen-bond acceptors (Lipinski definition) is 4. The van der Waals surface area contributed by atoms with Crippen molar-refractivity contribution in [1.29, 1.82) is 0 Å². The SMILES string of the molecule is CN(CCS(C)(=O)=O)c1cccc(Cl)c1N. The molecule has 0 spiro atoms. The van der Waals surface area contributed by atoms with E-state index in [1.807, 2.05) is 6.07 Å². The van der Waals surface area contributed by atoms with Crippen molar-refractivity contribution in [3.63, 3.8) is 0 Å². The molecule has 0 saturated heterocycles. The molecule has 0 amide bonds. The number of benzene rings is 1. The smallest absolute Gasteiger partial charge is 0.149 e. The van der Waals surface area contributed by atoms with Gasteiger partial charge in [0.05, 0.1) is 22.2 Å². The molecule has 16 heavy (non-hydrogen) atoms. The predicted octanol–water partition coefficient (Wildman–Crippen LogP) is 1.40. The molecule has 0 atom stereocenters. The van der Waals surface area contributed by atoms with Gasteiger partial charge in [-0.15, -0.1) is 0 Å². The van der Waals surface area contributed by atoms with E-state index >= 15 is 0 Å². The average Bonchev–Trinajstić information content (AvgIpc) is 2.17. The Morgan fingerprint density at radius 3 is 2.62 bits per heavy atom. The van der Waals surface area contributed by atoms with Crippen molar-refractivity contribution in [2.45, 2.75) is 0 Å². The molecule has 0 fully saturated rings. The first kappa shape index (κ1) is 13.1. The molecule has 0 aliphatic heterocycles. The normalized spacial score (nSPS) is 11.4. The predicted molar refractivity (Wildman–Crippen MR) is 68.8 cm³/mol. The first-order valence-electron chi connectivity index (χ1n) is 4.74. The third-order valence-electron chi connectivity index (χ3n) is 2.24. The first-order valence-corrected chi connectivity index (χ1v) is 7.18. The van der Waals surface area contributed by atoms with Gasteiger partial charge in [0.25, 0.3) is 0 Å². The highest BCUT2D eigenvalue weighted by atomic mass is 35.5. The topological polar surface area (TPSA) is 63.4 Å².